The second kappa shape index (κ2) is 3.97. The van der Waals surface area contributed by atoms with Gasteiger partial charge in [0.15, 0.2) is 0 Å². The highest BCUT2D eigenvalue weighted by molar-refractivity contribution is 9.10. The molecule has 0 N–H and O–H groups in total. The van der Waals surface area contributed by atoms with Crippen LogP contribution in [0.4, 0.5) is 0 Å². The molecule has 1 aliphatic rings. The van der Waals surface area contributed by atoms with Crippen molar-refractivity contribution in [2.45, 2.75) is 25.8 Å². The molecule has 0 radical (unpaired) electrons. The zero-order chi connectivity index (χ0) is 11.0. The van der Waals surface area contributed by atoms with E-state index in [1.54, 1.807) is 12.4 Å². The van der Waals surface area contributed by atoms with E-state index in [4.69, 9.17) is 0 Å². The summed E-state index contributed by atoms with van der Waals surface area (Å²) in [4.78, 5) is 13.1. The van der Waals surface area contributed by atoms with Gasteiger partial charge in [-0.15, -0.1) is 0 Å². The minimum absolute atomic E-state index is 0.716. The third kappa shape index (κ3) is 1.87. The fourth-order valence-electron chi connectivity index (χ4n) is 1.99. The van der Waals surface area contributed by atoms with Crippen molar-refractivity contribution in [3.8, 4) is 0 Å². The number of fused-ring (bicyclic) bond motifs is 1. The zero-order valence-electron chi connectivity index (χ0n) is 8.73. The van der Waals surface area contributed by atoms with Crippen LogP contribution in [-0.2, 0) is 19.4 Å². The largest absolute Gasteiger partial charge is 0.335 e. The van der Waals surface area contributed by atoms with Crippen LogP contribution >= 0.6 is 15.9 Å². The maximum absolute atomic E-state index is 4.58. The fraction of sp³-hybridized carbons (Fsp3) is 0.364. The van der Waals surface area contributed by atoms with E-state index in [0.29, 0.717) is 6.42 Å². The molecule has 0 aliphatic carbocycles. The standard InChI is InChI=1S/C11H11BrN4/c12-8-5-13-10(14-6-8)4-9-7-16-3-1-2-11(16)15-9/h5-7H,1-4H2. The van der Waals surface area contributed by atoms with Crippen LogP contribution in [0.15, 0.2) is 23.1 Å². The SMILES string of the molecule is Brc1cnc(Cc2cn3c(n2)CCC3)nc1. The second-order valence-electron chi connectivity index (χ2n) is 3.94. The van der Waals surface area contributed by atoms with E-state index in [-0.39, 0.29) is 0 Å². The van der Waals surface area contributed by atoms with Crippen LogP contribution in [0.1, 0.15) is 23.8 Å². The summed E-state index contributed by atoms with van der Waals surface area (Å²) in [6, 6.07) is 0. The Bertz CT molecular complexity index is 482. The molecule has 0 bridgehead atoms. The molecule has 0 saturated carbocycles. The summed E-state index contributed by atoms with van der Waals surface area (Å²) in [6.45, 7) is 1.10. The molecule has 1 aliphatic heterocycles. The Morgan fingerprint density at radius 1 is 1.31 bits per heavy atom. The molecule has 0 amide bonds. The van der Waals surface area contributed by atoms with Crippen LogP contribution in [0, 0.1) is 0 Å². The molecule has 0 atom stereocenters. The number of aromatic nitrogens is 4. The zero-order valence-corrected chi connectivity index (χ0v) is 10.3. The highest BCUT2D eigenvalue weighted by Crippen LogP contribution is 2.15. The minimum atomic E-state index is 0.716. The number of rotatable bonds is 2. The molecule has 3 rings (SSSR count). The Morgan fingerprint density at radius 2 is 2.12 bits per heavy atom. The van der Waals surface area contributed by atoms with Gasteiger partial charge in [0, 0.05) is 31.6 Å². The van der Waals surface area contributed by atoms with Gasteiger partial charge in [-0.05, 0) is 22.4 Å². The summed E-state index contributed by atoms with van der Waals surface area (Å²) < 4.78 is 3.14. The summed E-state index contributed by atoms with van der Waals surface area (Å²) in [6.07, 6.45) is 8.69. The molecular weight excluding hydrogens is 268 g/mol. The molecule has 5 heteroatoms. The monoisotopic (exact) mass is 278 g/mol. The van der Waals surface area contributed by atoms with Gasteiger partial charge in [-0.3, -0.25) is 0 Å². The summed E-state index contributed by atoms with van der Waals surface area (Å²) in [5.41, 5.74) is 1.07. The first-order chi connectivity index (χ1) is 7.81. The van der Waals surface area contributed by atoms with Gasteiger partial charge < -0.3 is 4.57 Å². The number of halogens is 1. The van der Waals surface area contributed by atoms with Gasteiger partial charge in [0.05, 0.1) is 16.6 Å². The molecule has 0 spiro atoms. The lowest BCUT2D eigenvalue weighted by atomic mass is 10.3. The highest BCUT2D eigenvalue weighted by Gasteiger charge is 2.14. The summed E-state index contributed by atoms with van der Waals surface area (Å²) in [5.74, 6) is 2.02. The first kappa shape index (κ1) is 9.96. The van der Waals surface area contributed by atoms with Gasteiger partial charge in [0.25, 0.3) is 0 Å². The molecular formula is C11H11BrN4. The smallest absolute Gasteiger partial charge is 0.134 e. The van der Waals surface area contributed by atoms with Crippen LogP contribution in [0.2, 0.25) is 0 Å². The van der Waals surface area contributed by atoms with E-state index in [2.05, 4.69) is 41.6 Å². The first-order valence-electron chi connectivity index (χ1n) is 5.32. The van der Waals surface area contributed by atoms with Gasteiger partial charge in [-0.1, -0.05) is 0 Å². The molecule has 0 fully saturated rings. The Hall–Kier alpha value is -1.23. The summed E-state index contributed by atoms with van der Waals surface area (Å²) >= 11 is 3.32. The third-order valence-corrected chi connectivity index (χ3v) is 3.13. The maximum atomic E-state index is 4.58. The van der Waals surface area contributed by atoms with E-state index < -0.39 is 0 Å². The van der Waals surface area contributed by atoms with E-state index >= 15 is 0 Å². The van der Waals surface area contributed by atoms with E-state index in [0.717, 1.165) is 29.0 Å². The predicted octanol–water partition coefficient (Wildman–Crippen LogP) is 1.97. The Balaban J connectivity index is 1.81. The van der Waals surface area contributed by atoms with Crippen LogP contribution in [0.25, 0.3) is 0 Å². The average Bonchev–Trinajstić information content (AvgIpc) is 2.81. The molecule has 16 heavy (non-hydrogen) atoms. The van der Waals surface area contributed by atoms with Crippen LogP contribution in [-0.4, -0.2) is 19.5 Å². The Labute approximate surface area is 102 Å². The lowest BCUT2D eigenvalue weighted by Gasteiger charge is -1.96. The first-order valence-corrected chi connectivity index (χ1v) is 6.12. The van der Waals surface area contributed by atoms with Crippen LogP contribution < -0.4 is 0 Å². The molecule has 2 aromatic heterocycles. The number of nitrogens with zero attached hydrogens (tertiary/aromatic N) is 4. The van der Waals surface area contributed by atoms with Crippen molar-refractivity contribution in [1.82, 2.24) is 19.5 Å². The van der Waals surface area contributed by atoms with Gasteiger partial charge in [-0.25, -0.2) is 15.0 Å². The fourth-order valence-corrected chi connectivity index (χ4v) is 2.20. The van der Waals surface area contributed by atoms with E-state index in [1.165, 1.54) is 12.2 Å². The van der Waals surface area contributed by atoms with Gasteiger partial charge >= 0.3 is 0 Å². The van der Waals surface area contributed by atoms with E-state index in [1.807, 2.05) is 0 Å². The van der Waals surface area contributed by atoms with Crippen LogP contribution in [0.3, 0.4) is 0 Å². The maximum Gasteiger partial charge on any atom is 0.134 e. The van der Waals surface area contributed by atoms with Crippen molar-refractivity contribution in [3.05, 3.63) is 40.4 Å². The molecule has 0 saturated heterocycles. The molecule has 0 aromatic carbocycles. The summed E-state index contributed by atoms with van der Waals surface area (Å²) in [7, 11) is 0. The van der Waals surface area contributed by atoms with Gasteiger partial charge in [0.1, 0.15) is 11.6 Å². The molecule has 82 valence electrons. The van der Waals surface area contributed by atoms with Crippen molar-refractivity contribution in [1.29, 1.82) is 0 Å². The predicted molar refractivity (Wildman–Crippen MR) is 63.1 cm³/mol. The minimum Gasteiger partial charge on any atom is -0.335 e. The molecule has 2 aromatic rings. The number of imidazole rings is 1. The molecule has 0 unspecified atom stereocenters. The molecule has 4 nitrogen and oxygen atoms in total. The average molecular weight is 279 g/mol. The number of aryl methyl sites for hydroxylation is 2. The van der Waals surface area contributed by atoms with Crippen LogP contribution in [0.5, 0.6) is 0 Å². The Morgan fingerprint density at radius 3 is 2.88 bits per heavy atom. The van der Waals surface area contributed by atoms with Crippen molar-refractivity contribution >= 4 is 15.9 Å². The molecule has 3 heterocycles. The number of hydrogen-bond donors (Lipinski definition) is 0. The van der Waals surface area contributed by atoms with Crippen molar-refractivity contribution < 1.29 is 0 Å². The lowest BCUT2D eigenvalue weighted by Crippen LogP contribution is -1.96. The van der Waals surface area contributed by atoms with Gasteiger partial charge in [0.2, 0.25) is 0 Å². The van der Waals surface area contributed by atoms with E-state index in [9.17, 15) is 0 Å². The highest BCUT2D eigenvalue weighted by atomic mass is 79.9. The van der Waals surface area contributed by atoms with Crippen molar-refractivity contribution in [2.75, 3.05) is 0 Å². The quantitative estimate of drug-likeness (QED) is 0.844. The third-order valence-electron chi connectivity index (χ3n) is 2.72. The van der Waals surface area contributed by atoms with Crippen molar-refractivity contribution in [2.24, 2.45) is 0 Å². The van der Waals surface area contributed by atoms with Gasteiger partial charge in [-0.2, -0.15) is 0 Å². The number of hydrogen-bond acceptors (Lipinski definition) is 3. The topological polar surface area (TPSA) is 43.6 Å². The lowest BCUT2D eigenvalue weighted by molar-refractivity contribution is 0.746. The van der Waals surface area contributed by atoms with Crippen molar-refractivity contribution in [3.63, 3.8) is 0 Å². The second-order valence-corrected chi connectivity index (χ2v) is 4.86. The Kier molecular flexibility index (Phi) is 2.47. The normalized spacial score (nSPS) is 14.1. The summed E-state index contributed by atoms with van der Waals surface area (Å²) in [5, 5.41) is 0.